The molecule has 0 saturated carbocycles. The van der Waals surface area contributed by atoms with Crippen LogP contribution in [0.5, 0.6) is 0 Å². The molecule has 0 fully saturated rings. The number of rotatable bonds is 3. The highest BCUT2D eigenvalue weighted by molar-refractivity contribution is 7.85. The van der Waals surface area contributed by atoms with Crippen LogP contribution in [0.2, 0.25) is 0 Å². The Hall–Kier alpha value is -1.16. The molecule has 4 heteroatoms. The SMILES string of the molecule is Cc1cccc(NC(=O)CS(C)=O)c1C. The molecular formula is C11H15NO2S. The van der Waals surface area contributed by atoms with Gasteiger partial charge in [0.1, 0.15) is 5.75 Å². The van der Waals surface area contributed by atoms with E-state index < -0.39 is 10.8 Å². The maximum atomic E-state index is 11.4. The lowest BCUT2D eigenvalue weighted by molar-refractivity contribution is -0.113. The summed E-state index contributed by atoms with van der Waals surface area (Å²) in [6.07, 6.45) is 1.52. The van der Waals surface area contributed by atoms with Gasteiger partial charge in [-0.1, -0.05) is 12.1 Å². The van der Waals surface area contributed by atoms with Gasteiger partial charge in [-0.25, -0.2) is 0 Å². The first-order valence-corrected chi connectivity index (χ1v) is 6.39. The van der Waals surface area contributed by atoms with Crippen molar-refractivity contribution in [2.24, 2.45) is 0 Å². The highest BCUT2D eigenvalue weighted by Crippen LogP contribution is 2.17. The molecule has 0 saturated heterocycles. The van der Waals surface area contributed by atoms with Crippen LogP contribution in [0.4, 0.5) is 5.69 Å². The van der Waals surface area contributed by atoms with Crippen LogP contribution in [0, 0.1) is 13.8 Å². The highest BCUT2D eigenvalue weighted by Gasteiger charge is 2.06. The number of aryl methyl sites for hydroxylation is 1. The third-order valence-corrected chi connectivity index (χ3v) is 2.88. The van der Waals surface area contributed by atoms with Crippen molar-refractivity contribution in [1.82, 2.24) is 0 Å². The molecule has 0 heterocycles. The topological polar surface area (TPSA) is 46.2 Å². The number of hydrogen-bond acceptors (Lipinski definition) is 2. The normalized spacial score (nSPS) is 12.2. The molecule has 1 atom stereocenters. The minimum absolute atomic E-state index is 0.0490. The van der Waals surface area contributed by atoms with E-state index in [1.807, 2.05) is 32.0 Å². The van der Waals surface area contributed by atoms with E-state index in [1.54, 1.807) is 0 Å². The molecule has 82 valence electrons. The summed E-state index contributed by atoms with van der Waals surface area (Å²) in [6, 6.07) is 5.72. The molecule has 0 radical (unpaired) electrons. The van der Waals surface area contributed by atoms with Gasteiger partial charge in [-0.3, -0.25) is 9.00 Å². The molecule has 1 aromatic carbocycles. The molecule has 1 N–H and O–H groups in total. The molecule has 1 unspecified atom stereocenters. The van der Waals surface area contributed by atoms with Crippen molar-refractivity contribution in [3.63, 3.8) is 0 Å². The Morgan fingerprint density at radius 2 is 2.07 bits per heavy atom. The van der Waals surface area contributed by atoms with Gasteiger partial charge in [0.25, 0.3) is 0 Å². The van der Waals surface area contributed by atoms with E-state index in [-0.39, 0.29) is 11.7 Å². The summed E-state index contributed by atoms with van der Waals surface area (Å²) >= 11 is 0. The fourth-order valence-electron chi connectivity index (χ4n) is 1.26. The number of amides is 1. The lowest BCUT2D eigenvalue weighted by atomic mass is 10.1. The largest absolute Gasteiger partial charge is 0.325 e. The van der Waals surface area contributed by atoms with Crippen molar-refractivity contribution in [2.45, 2.75) is 13.8 Å². The molecule has 0 spiro atoms. The summed E-state index contributed by atoms with van der Waals surface area (Å²) in [7, 11) is -1.09. The van der Waals surface area contributed by atoms with Crippen LogP contribution in [0.15, 0.2) is 18.2 Å². The zero-order chi connectivity index (χ0) is 11.4. The van der Waals surface area contributed by atoms with E-state index in [0.29, 0.717) is 0 Å². The summed E-state index contributed by atoms with van der Waals surface area (Å²) in [4.78, 5) is 11.4. The summed E-state index contributed by atoms with van der Waals surface area (Å²) in [5, 5.41) is 2.75. The highest BCUT2D eigenvalue weighted by atomic mass is 32.2. The zero-order valence-electron chi connectivity index (χ0n) is 9.16. The van der Waals surface area contributed by atoms with Gasteiger partial charge in [0.2, 0.25) is 5.91 Å². The van der Waals surface area contributed by atoms with Crippen LogP contribution in [0.25, 0.3) is 0 Å². The number of benzene rings is 1. The van der Waals surface area contributed by atoms with Gasteiger partial charge in [0, 0.05) is 22.7 Å². The number of hydrogen-bond donors (Lipinski definition) is 1. The Balaban J connectivity index is 2.77. The zero-order valence-corrected chi connectivity index (χ0v) is 9.98. The second-order valence-electron chi connectivity index (χ2n) is 3.51. The summed E-state index contributed by atoms with van der Waals surface area (Å²) in [5.74, 6) is -0.155. The van der Waals surface area contributed by atoms with Crippen molar-refractivity contribution >= 4 is 22.4 Å². The quantitative estimate of drug-likeness (QED) is 0.849. The predicted octanol–water partition coefficient (Wildman–Crippen LogP) is 1.62. The van der Waals surface area contributed by atoms with E-state index in [4.69, 9.17) is 0 Å². The molecule has 3 nitrogen and oxygen atoms in total. The minimum atomic E-state index is -1.09. The smallest absolute Gasteiger partial charge is 0.236 e. The lowest BCUT2D eigenvalue weighted by Gasteiger charge is -2.09. The number of anilines is 1. The van der Waals surface area contributed by atoms with E-state index >= 15 is 0 Å². The maximum Gasteiger partial charge on any atom is 0.236 e. The molecule has 15 heavy (non-hydrogen) atoms. The summed E-state index contributed by atoms with van der Waals surface area (Å²) in [5.41, 5.74) is 2.98. The Morgan fingerprint density at radius 3 is 2.67 bits per heavy atom. The Morgan fingerprint density at radius 1 is 1.40 bits per heavy atom. The second-order valence-corrected chi connectivity index (χ2v) is 4.95. The van der Waals surface area contributed by atoms with Gasteiger partial charge in [0.05, 0.1) is 0 Å². The van der Waals surface area contributed by atoms with Crippen molar-refractivity contribution in [2.75, 3.05) is 17.3 Å². The molecule has 0 aliphatic rings. The minimum Gasteiger partial charge on any atom is -0.325 e. The van der Waals surface area contributed by atoms with Gasteiger partial charge in [0.15, 0.2) is 0 Å². The standard InChI is InChI=1S/C11H15NO2S/c1-8-5-4-6-10(9(8)2)12-11(13)7-15(3)14/h4-6H,7H2,1-3H3,(H,12,13). The molecule has 0 aromatic heterocycles. The maximum absolute atomic E-state index is 11.4. The fraction of sp³-hybridized carbons (Fsp3) is 0.364. The van der Waals surface area contributed by atoms with E-state index in [2.05, 4.69) is 5.32 Å². The number of carbonyl (C=O) groups excluding carboxylic acids is 1. The van der Waals surface area contributed by atoms with E-state index in [1.165, 1.54) is 6.26 Å². The van der Waals surface area contributed by atoms with Crippen LogP contribution in [-0.2, 0) is 15.6 Å². The van der Waals surface area contributed by atoms with Crippen molar-refractivity contribution in [1.29, 1.82) is 0 Å². The number of nitrogens with one attached hydrogen (secondary N) is 1. The second kappa shape index (κ2) is 5.07. The fourth-order valence-corrected chi connectivity index (χ4v) is 1.70. The van der Waals surface area contributed by atoms with Gasteiger partial charge in [-0.2, -0.15) is 0 Å². The molecule has 0 aliphatic carbocycles. The van der Waals surface area contributed by atoms with Crippen molar-refractivity contribution in [3.8, 4) is 0 Å². The average molecular weight is 225 g/mol. The summed E-state index contributed by atoms with van der Waals surface area (Å²) in [6.45, 7) is 3.94. The van der Waals surface area contributed by atoms with Crippen LogP contribution in [-0.4, -0.2) is 22.1 Å². The Labute approximate surface area is 92.3 Å². The van der Waals surface area contributed by atoms with Gasteiger partial charge >= 0.3 is 0 Å². The van der Waals surface area contributed by atoms with Crippen molar-refractivity contribution in [3.05, 3.63) is 29.3 Å². The van der Waals surface area contributed by atoms with Gasteiger partial charge < -0.3 is 5.32 Å². The molecule has 0 bridgehead atoms. The number of carbonyl (C=O) groups is 1. The molecular weight excluding hydrogens is 210 g/mol. The molecule has 0 aliphatic heterocycles. The van der Waals surface area contributed by atoms with Crippen molar-refractivity contribution < 1.29 is 9.00 Å². The first-order valence-electron chi connectivity index (χ1n) is 4.67. The lowest BCUT2D eigenvalue weighted by Crippen LogP contribution is -2.19. The van der Waals surface area contributed by atoms with Crippen LogP contribution >= 0.6 is 0 Å². The first kappa shape index (κ1) is 11.9. The van der Waals surface area contributed by atoms with Crippen LogP contribution in [0.3, 0.4) is 0 Å². The Kier molecular flexibility index (Phi) is 4.03. The monoisotopic (exact) mass is 225 g/mol. The van der Waals surface area contributed by atoms with Crippen LogP contribution < -0.4 is 5.32 Å². The average Bonchev–Trinajstić information content (AvgIpc) is 2.11. The molecule has 1 aromatic rings. The molecule has 1 rings (SSSR count). The first-order chi connectivity index (χ1) is 7.00. The summed E-state index contributed by atoms with van der Waals surface area (Å²) < 4.78 is 10.8. The van der Waals surface area contributed by atoms with E-state index in [9.17, 15) is 9.00 Å². The molecule has 1 amide bonds. The van der Waals surface area contributed by atoms with Gasteiger partial charge in [-0.15, -0.1) is 0 Å². The predicted molar refractivity (Wildman–Crippen MR) is 63.5 cm³/mol. The van der Waals surface area contributed by atoms with Crippen LogP contribution in [0.1, 0.15) is 11.1 Å². The van der Waals surface area contributed by atoms with E-state index in [0.717, 1.165) is 16.8 Å². The Bertz CT molecular complexity index is 402. The van der Waals surface area contributed by atoms with Gasteiger partial charge in [-0.05, 0) is 31.0 Å². The third kappa shape index (κ3) is 3.47. The third-order valence-electron chi connectivity index (χ3n) is 2.21.